The number of nitrogens with zero attached hydrogens (tertiary/aromatic N) is 1. The highest BCUT2D eigenvalue weighted by Gasteiger charge is 2.33. The summed E-state index contributed by atoms with van der Waals surface area (Å²) in [6.07, 6.45) is 7.99. The summed E-state index contributed by atoms with van der Waals surface area (Å²) in [6, 6.07) is 8.47. The first-order chi connectivity index (χ1) is 11.8. The number of fused-ring (bicyclic) bond motifs is 1. The monoisotopic (exact) mass is 361 g/mol. The van der Waals surface area contributed by atoms with E-state index in [9.17, 15) is 4.79 Å². The van der Waals surface area contributed by atoms with E-state index >= 15 is 0 Å². The molecule has 3 aliphatic rings. The third kappa shape index (κ3) is 3.65. The molecule has 24 heavy (non-hydrogen) atoms. The lowest BCUT2D eigenvalue weighted by molar-refractivity contribution is 0.0521. The predicted molar refractivity (Wildman–Crippen MR) is 105 cm³/mol. The second-order valence-electron chi connectivity index (χ2n) is 7.39. The van der Waals surface area contributed by atoms with Gasteiger partial charge in [-0.05, 0) is 60.3 Å². The molecule has 3 fully saturated rings. The van der Waals surface area contributed by atoms with E-state index in [2.05, 4.69) is 29.2 Å². The predicted octanol–water partition coefficient (Wildman–Crippen LogP) is 5.21. The Morgan fingerprint density at radius 2 is 1.62 bits per heavy atom. The van der Waals surface area contributed by atoms with Gasteiger partial charge in [0, 0.05) is 18.7 Å². The smallest absolute Gasteiger partial charge is 0.253 e. The van der Waals surface area contributed by atoms with E-state index < -0.39 is 0 Å². The molecule has 0 N–H and O–H groups in total. The minimum atomic E-state index is 0.245. The molecule has 2 saturated heterocycles. The summed E-state index contributed by atoms with van der Waals surface area (Å²) in [6.45, 7) is 1.94. The highest BCUT2D eigenvalue weighted by Crippen LogP contribution is 2.43. The number of carbonyl (C=O) groups is 1. The number of carbonyl (C=O) groups excluding carboxylic acids is 1. The molecular weight excluding hydrogens is 334 g/mol. The van der Waals surface area contributed by atoms with Gasteiger partial charge in [-0.2, -0.15) is 0 Å². The van der Waals surface area contributed by atoms with E-state index in [4.69, 9.17) is 0 Å². The first-order valence-electron chi connectivity index (χ1n) is 9.44. The van der Waals surface area contributed by atoms with Crippen LogP contribution in [-0.2, 0) is 0 Å². The van der Waals surface area contributed by atoms with Gasteiger partial charge in [-0.25, -0.2) is 0 Å². The molecule has 2 atom stereocenters. The van der Waals surface area contributed by atoms with Crippen LogP contribution >= 0.6 is 23.5 Å². The summed E-state index contributed by atoms with van der Waals surface area (Å²) >= 11 is 4.08. The van der Waals surface area contributed by atoms with Crippen LogP contribution in [0.3, 0.4) is 0 Å². The molecule has 1 aliphatic carbocycles. The van der Waals surface area contributed by atoms with Crippen LogP contribution in [-0.4, -0.2) is 35.4 Å². The van der Waals surface area contributed by atoms with Gasteiger partial charge in [0.15, 0.2) is 0 Å². The van der Waals surface area contributed by atoms with Crippen molar-refractivity contribution in [1.29, 1.82) is 0 Å². The number of rotatable bonds is 2. The molecule has 1 aromatic carbocycles. The summed E-state index contributed by atoms with van der Waals surface area (Å²) in [4.78, 5) is 15.0. The first-order valence-corrected chi connectivity index (χ1v) is 11.5. The number of benzene rings is 1. The molecule has 2 heterocycles. The highest BCUT2D eigenvalue weighted by molar-refractivity contribution is 8.16. The van der Waals surface area contributed by atoms with E-state index in [0.29, 0.717) is 4.58 Å². The fourth-order valence-electron chi connectivity index (χ4n) is 4.43. The average molecular weight is 362 g/mol. The molecule has 0 aromatic heterocycles. The maximum absolute atomic E-state index is 12.9. The Morgan fingerprint density at radius 1 is 0.917 bits per heavy atom. The Balaban J connectivity index is 1.40. The Hall–Kier alpha value is -0.610. The van der Waals surface area contributed by atoms with Crippen LogP contribution in [0, 0.1) is 11.8 Å². The molecule has 4 rings (SSSR count). The second kappa shape index (κ2) is 7.74. The van der Waals surface area contributed by atoms with Crippen molar-refractivity contribution in [2.45, 2.75) is 43.1 Å². The molecule has 130 valence electrons. The molecule has 2 aliphatic heterocycles. The van der Waals surface area contributed by atoms with Gasteiger partial charge in [-0.1, -0.05) is 31.4 Å². The van der Waals surface area contributed by atoms with Crippen molar-refractivity contribution in [2.24, 2.45) is 11.8 Å². The van der Waals surface area contributed by atoms with Gasteiger partial charge in [0.1, 0.15) is 0 Å². The first kappa shape index (κ1) is 16.8. The number of hydrogen-bond acceptors (Lipinski definition) is 3. The summed E-state index contributed by atoms with van der Waals surface area (Å²) < 4.78 is 0.556. The van der Waals surface area contributed by atoms with Crippen LogP contribution in [0.25, 0.3) is 0 Å². The molecule has 4 heteroatoms. The van der Waals surface area contributed by atoms with Crippen molar-refractivity contribution in [3.63, 3.8) is 0 Å². The van der Waals surface area contributed by atoms with Crippen LogP contribution < -0.4 is 0 Å². The van der Waals surface area contributed by atoms with Gasteiger partial charge >= 0.3 is 0 Å². The number of hydrogen-bond donors (Lipinski definition) is 0. The van der Waals surface area contributed by atoms with Crippen LogP contribution in [0.4, 0.5) is 0 Å². The van der Waals surface area contributed by atoms with Crippen molar-refractivity contribution >= 4 is 29.4 Å². The lowest BCUT2D eigenvalue weighted by atomic mass is 9.75. The molecule has 0 bridgehead atoms. The van der Waals surface area contributed by atoms with Gasteiger partial charge < -0.3 is 4.90 Å². The Bertz CT molecular complexity index is 568. The van der Waals surface area contributed by atoms with Crippen LogP contribution in [0.1, 0.15) is 59.0 Å². The van der Waals surface area contributed by atoms with Crippen LogP contribution in [0.2, 0.25) is 0 Å². The van der Waals surface area contributed by atoms with E-state index in [1.807, 2.05) is 23.5 Å². The Morgan fingerprint density at radius 3 is 2.38 bits per heavy atom. The summed E-state index contributed by atoms with van der Waals surface area (Å²) in [5, 5.41) is 0. The van der Waals surface area contributed by atoms with Gasteiger partial charge in [-0.15, -0.1) is 23.5 Å². The molecular formula is C20H27NOS2. The number of piperidine rings is 1. The summed E-state index contributed by atoms with van der Waals surface area (Å²) in [5.41, 5.74) is 2.24. The SMILES string of the molecule is O=C(c1ccc(C2SCCCS2)cc1)N1CC[C@@H]2CCCC[C@H]2C1. The third-order valence-corrected chi connectivity index (χ3v) is 8.85. The maximum Gasteiger partial charge on any atom is 0.253 e. The maximum atomic E-state index is 12.9. The van der Waals surface area contributed by atoms with Gasteiger partial charge in [0.25, 0.3) is 5.91 Å². The molecule has 0 spiro atoms. The molecule has 1 aromatic rings. The largest absolute Gasteiger partial charge is 0.338 e. The normalized spacial score (nSPS) is 28.4. The fraction of sp³-hybridized carbons (Fsp3) is 0.650. The minimum absolute atomic E-state index is 0.245. The highest BCUT2D eigenvalue weighted by atomic mass is 32.2. The fourth-order valence-corrected chi connectivity index (χ4v) is 7.33. The quantitative estimate of drug-likeness (QED) is 0.721. The molecule has 0 radical (unpaired) electrons. The zero-order valence-electron chi connectivity index (χ0n) is 14.3. The van der Waals surface area contributed by atoms with Crippen molar-refractivity contribution < 1.29 is 4.79 Å². The molecule has 1 amide bonds. The van der Waals surface area contributed by atoms with Crippen molar-refractivity contribution in [3.8, 4) is 0 Å². The zero-order valence-corrected chi connectivity index (χ0v) is 15.9. The van der Waals surface area contributed by atoms with Crippen LogP contribution in [0.5, 0.6) is 0 Å². The Kier molecular flexibility index (Phi) is 5.43. The van der Waals surface area contributed by atoms with E-state index in [1.165, 1.54) is 55.6 Å². The summed E-state index contributed by atoms with van der Waals surface area (Å²) in [7, 11) is 0. The van der Waals surface area contributed by atoms with Gasteiger partial charge in [0.05, 0.1) is 4.58 Å². The number of likely N-dealkylation sites (tertiary alicyclic amines) is 1. The molecule has 1 saturated carbocycles. The van der Waals surface area contributed by atoms with Crippen molar-refractivity contribution in [1.82, 2.24) is 4.90 Å². The lowest BCUT2D eigenvalue weighted by Crippen LogP contribution is -2.44. The summed E-state index contributed by atoms with van der Waals surface area (Å²) in [5.74, 6) is 4.40. The zero-order chi connectivity index (χ0) is 16.4. The van der Waals surface area contributed by atoms with Crippen LogP contribution in [0.15, 0.2) is 24.3 Å². The average Bonchev–Trinajstić information content (AvgIpc) is 2.68. The standard InChI is InChI=1S/C20H27NOS2/c22-19(21-11-10-15-4-1-2-5-18(15)14-21)16-6-8-17(9-7-16)20-23-12-3-13-24-20/h6-9,15,18,20H,1-5,10-14H2/t15-,18-/m0/s1. The van der Waals surface area contributed by atoms with Crippen molar-refractivity contribution in [3.05, 3.63) is 35.4 Å². The van der Waals surface area contributed by atoms with E-state index in [-0.39, 0.29) is 5.91 Å². The lowest BCUT2D eigenvalue weighted by Gasteiger charge is -2.41. The third-order valence-electron chi connectivity index (χ3n) is 5.84. The van der Waals surface area contributed by atoms with E-state index in [1.54, 1.807) is 0 Å². The Labute approximate surface area is 154 Å². The minimum Gasteiger partial charge on any atom is -0.338 e. The topological polar surface area (TPSA) is 20.3 Å². The van der Waals surface area contributed by atoms with Gasteiger partial charge in [0.2, 0.25) is 0 Å². The number of thioether (sulfide) groups is 2. The molecule has 0 unspecified atom stereocenters. The molecule has 2 nitrogen and oxygen atoms in total. The van der Waals surface area contributed by atoms with E-state index in [0.717, 1.165) is 30.5 Å². The second-order valence-corrected chi connectivity index (χ2v) is 10.1. The number of amides is 1. The van der Waals surface area contributed by atoms with Gasteiger partial charge in [-0.3, -0.25) is 4.79 Å². The van der Waals surface area contributed by atoms with Crippen molar-refractivity contribution in [2.75, 3.05) is 24.6 Å².